The van der Waals surface area contributed by atoms with Gasteiger partial charge in [0.15, 0.2) is 0 Å². The first kappa shape index (κ1) is 16.7. The summed E-state index contributed by atoms with van der Waals surface area (Å²) in [6.45, 7) is 0. The molecule has 0 saturated heterocycles. The zero-order chi connectivity index (χ0) is 18.2. The first-order chi connectivity index (χ1) is 13.3. The van der Waals surface area contributed by atoms with Gasteiger partial charge in [0.2, 0.25) is 11.1 Å². The van der Waals surface area contributed by atoms with Gasteiger partial charge in [-0.25, -0.2) is 4.68 Å². The number of thioether (sulfide) groups is 1. The molecule has 1 amide bonds. The van der Waals surface area contributed by atoms with Crippen molar-refractivity contribution in [3.63, 3.8) is 0 Å². The van der Waals surface area contributed by atoms with Crippen LogP contribution < -0.4 is 5.32 Å². The van der Waals surface area contributed by atoms with Crippen molar-refractivity contribution in [1.82, 2.24) is 25.2 Å². The second-order valence-electron chi connectivity index (χ2n) is 7.36. The van der Waals surface area contributed by atoms with E-state index in [1.165, 1.54) is 37.4 Å². The molecule has 5 rings (SSSR count). The molecule has 8 heteroatoms. The van der Waals surface area contributed by atoms with Crippen LogP contribution in [-0.4, -0.2) is 36.9 Å². The van der Waals surface area contributed by atoms with Gasteiger partial charge in [0.25, 0.3) is 0 Å². The van der Waals surface area contributed by atoms with E-state index < -0.39 is 0 Å². The highest BCUT2D eigenvalue weighted by molar-refractivity contribution is 7.99. The summed E-state index contributed by atoms with van der Waals surface area (Å²) in [4.78, 5) is 16.8. The van der Waals surface area contributed by atoms with Gasteiger partial charge < -0.3 is 5.32 Å². The number of pyridine rings is 1. The fourth-order valence-electron chi connectivity index (χ4n) is 4.52. The molecule has 3 atom stereocenters. The largest absolute Gasteiger partial charge is 0.325 e. The second-order valence-corrected chi connectivity index (χ2v) is 8.30. The second kappa shape index (κ2) is 6.92. The number of anilines is 1. The fraction of sp³-hybridized carbons (Fsp3) is 0.421. The van der Waals surface area contributed by atoms with Gasteiger partial charge in [0, 0.05) is 11.6 Å². The molecule has 7 nitrogen and oxygen atoms in total. The van der Waals surface area contributed by atoms with E-state index in [4.69, 9.17) is 0 Å². The Hall–Kier alpha value is -2.48. The van der Waals surface area contributed by atoms with Crippen LogP contribution in [0.25, 0.3) is 10.9 Å². The van der Waals surface area contributed by atoms with Crippen molar-refractivity contribution in [3.05, 3.63) is 36.5 Å². The Morgan fingerprint density at radius 3 is 3.00 bits per heavy atom. The van der Waals surface area contributed by atoms with E-state index in [0.717, 1.165) is 27.7 Å². The third kappa shape index (κ3) is 3.18. The van der Waals surface area contributed by atoms with Crippen LogP contribution in [0.3, 0.4) is 0 Å². The summed E-state index contributed by atoms with van der Waals surface area (Å²) in [5.41, 5.74) is 1.64. The average Bonchev–Trinajstić information content (AvgIpc) is 3.43. The maximum absolute atomic E-state index is 12.5. The molecular formula is C19H20N6OS. The van der Waals surface area contributed by atoms with Gasteiger partial charge >= 0.3 is 0 Å². The summed E-state index contributed by atoms with van der Waals surface area (Å²) in [6, 6.07) is 9.99. The maximum atomic E-state index is 12.5. The maximum Gasteiger partial charge on any atom is 0.234 e. The number of hydrogen-bond acceptors (Lipinski definition) is 6. The number of hydrogen-bond donors (Lipinski definition) is 1. The third-order valence-corrected chi connectivity index (χ3v) is 6.67. The van der Waals surface area contributed by atoms with Crippen molar-refractivity contribution in [2.75, 3.05) is 11.1 Å². The molecule has 0 radical (unpaired) electrons. The number of benzene rings is 1. The average molecular weight is 380 g/mol. The highest BCUT2D eigenvalue weighted by Crippen LogP contribution is 2.50. The zero-order valence-electron chi connectivity index (χ0n) is 14.8. The summed E-state index contributed by atoms with van der Waals surface area (Å²) >= 11 is 1.40. The Labute approximate surface area is 160 Å². The highest BCUT2D eigenvalue weighted by atomic mass is 32.2. The van der Waals surface area contributed by atoms with Crippen LogP contribution in [0.1, 0.15) is 31.7 Å². The first-order valence-corrected chi connectivity index (χ1v) is 10.3. The van der Waals surface area contributed by atoms with E-state index in [9.17, 15) is 4.79 Å². The van der Waals surface area contributed by atoms with Gasteiger partial charge in [-0.1, -0.05) is 36.4 Å². The minimum Gasteiger partial charge on any atom is -0.325 e. The molecule has 0 aliphatic heterocycles. The van der Waals surface area contributed by atoms with E-state index in [-0.39, 0.29) is 11.7 Å². The van der Waals surface area contributed by atoms with E-state index >= 15 is 0 Å². The van der Waals surface area contributed by atoms with E-state index in [2.05, 4.69) is 25.8 Å². The number of tetrazole rings is 1. The third-order valence-electron chi connectivity index (χ3n) is 5.73. The number of aromatic nitrogens is 5. The summed E-state index contributed by atoms with van der Waals surface area (Å²) in [5, 5.41) is 16.9. The molecule has 1 aromatic carbocycles. The predicted molar refractivity (Wildman–Crippen MR) is 103 cm³/mol. The van der Waals surface area contributed by atoms with Crippen molar-refractivity contribution in [1.29, 1.82) is 0 Å². The van der Waals surface area contributed by atoms with E-state index in [1.54, 1.807) is 6.20 Å². The van der Waals surface area contributed by atoms with Crippen LogP contribution in [0, 0.1) is 11.8 Å². The predicted octanol–water partition coefficient (Wildman–Crippen LogP) is 3.31. The topological polar surface area (TPSA) is 85.6 Å². The smallest absolute Gasteiger partial charge is 0.234 e. The van der Waals surface area contributed by atoms with Crippen molar-refractivity contribution in [3.8, 4) is 0 Å². The Kier molecular flexibility index (Phi) is 4.27. The molecule has 2 heterocycles. The molecule has 1 N–H and O–H groups in total. The van der Waals surface area contributed by atoms with Gasteiger partial charge in [-0.3, -0.25) is 9.78 Å². The normalized spacial score (nSPS) is 23.8. The van der Waals surface area contributed by atoms with Crippen LogP contribution in [0.2, 0.25) is 0 Å². The number of rotatable bonds is 5. The van der Waals surface area contributed by atoms with Crippen molar-refractivity contribution in [2.45, 2.75) is 36.9 Å². The highest BCUT2D eigenvalue weighted by Gasteiger charge is 2.42. The number of fused-ring (bicyclic) bond motifs is 3. The van der Waals surface area contributed by atoms with Crippen LogP contribution in [0.5, 0.6) is 0 Å². The number of para-hydroxylation sites is 1. The Morgan fingerprint density at radius 2 is 2.15 bits per heavy atom. The molecule has 3 aromatic rings. The number of carbonyl (C=O) groups is 1. The molecule has 2 aliphatic carbocycles. The molecule has 2 fully saturated rings. The minimum absolute atomic E-state index is 0.0705. The standard InChI is InChI=1S/C19H20N6OS/c26-18(21-16-7-8-20-15-4-2-1-3-14(15)16)11-27-19-22-23-24-25(19)17-10-12-5-6-13(17)9-12/h1-4,7-8,12-13,17H,5-6,9-11H2,(H,20,21,26)/t12-,13+,17+/m1/s1. The van der Waals surface area contributed by atoms with Gasteiger partial charge in [-0.05, 0) is 53.7 Å². The Bertz CT molecular complexity index is 984. The molecule has 138 valence electrons. The van der Waals surface area contributed by atoms with Crippen molar-refractivity contribution < 1.29 is 4.79 Å². The van der Waals surface area contributed by atoms with Crippen molar-refractivity contribution in [2.24, 2.45) is 11.8 Å². The van der Waals surface area contributed by atoms with E-state index in [0.29, 0.717) is 12.0 Å². The molecule has 2 bridgehead atoms. The molecule has 0 spiro atoms. The molecule has 2 aromatic heterocycles. The van der Waals surface area contributed by atoms with Crippen molar-refractivity contribution >= 4 is 34.3 Å². The number of amides is 1. The van der Waals surface area contributed by atoms with Crippen LogP contribution in [0.4, 0.5) is 5.69 Å². The van der Waals surface area contributed by atoms with Crippen LogP contribution in [0.15, 0.2) is 41.7 Å². The Balaban J connectivity index is 1.26. The summed E-state index contributed by atoms with van der Waals surface area (Å²) in [6.07, 6.45) is 6.78. The summed E-state index contributed by atoms with van der Waals surface area (Å²) in [7, 11) is 0. The first-order valence-electron chi connectivity index (χ1n) is 9.32. The van der Waals surface area contributed by atoms with Gasteiger partial charge in [0.1, 0.15) is 0 Å². The molecule has 27 heavy (non-hydrogen) atoms. The van der Waals surface area contributed by atoms with Crippen LogP contribution in [-0.2, 0) is 4.79 Å². The fourth-order valence-corrected chi connectivity index (χ4v) is 5.25. The molecule has 2 aliphatic rings. The van der Waals surface area contributed by atoms with E-state index in [1.807, 2.05) is 35.0 Å². The SMILES string of the molecule is O=C(CSc1nnnn1[C@H]1C[C@@H]2CC[C@H]1C2)Nc1ccnc2ccccc12. The quantitative estimate of drug-likeness (QED) is 0.684. The minimum atomic E-state index is -0.0705. The molecule has 0 unspecified atom stereocenters. The lowest BCUT2D eigenvalue weighted by atomic mass is 9.96. The Morgan fingerprint density at radius 1 is 1.22 bits per heavy atom. The molecular weight excluding hydrogens is 360 g/mol. The summed E-state index contributed by atoms with van der Waals surface area (Å²) in [5.74, 6) is 1.72. The van der Waals surface area contributed by atoms with Gasteiger partial charge in [-0.15, -0.1) is 5.10 Å². The monoisotopic (exact) mass is 380 g/mol. The van der Waals surface area contributed by atoms with Gasteiger partial charge in [-0.2, -0.15) is 0 Å². The van der Waals surface area contributed by atoms with Crippen LogP contribution >= 0.6 is 11.8 Å². The lowest BCUT2D eigenvalue weighted by Gasteiger charge is -2.22. The number of nitrogens with one attached hydrogen (secondary N) is 1. The zero-order valence-corrected chi connectivity index (χ0v) is 15.6. The lowest BCUT2D eigenvalue weighted by molar-refractivity contribution is -0.113. The van der Waals surface area contributed by atoms with Gasteiger partial charge in [0.05, 0.1) is 23.0 Å². The number of nitrogens with zero attached hydrogens (tertiary/aromatic N) is 5. The lowest BCUT2D eigenvalue weighted by Crippen LogP contribution is -2.19. The number of carbonyl (C=O) groups excluding carboxylic acids is 1. The molecule has 2 saturated carbocycles. The summed E-state index contributed by atoms with van der Waals surface area (Å²) < 4.78 is 1.95.